The van der Waals surface area contributed by atoms with Crippen LogP contribution in [0.5, 0.6) is 0 Å². The molecular weight excluding hydrogens is 170 g/mol. The molecule has 3 rings (SSSR count). The lowest BCUT2D eigenvalue weighted by Crippen LogP contribution is -1.96. The van der Waals surface area contributed by atoms with E-state index in [9.17, 15) is 0 Å². The van der Waals surface area contributed by atoms with Crippen molar-refractivity contribution in [2.24, 2.45) is 5.92 Å². The molecule has 0 saturated heterocycles. The molecule has 1 unspecified atom stereocenters. The monoisotopic (exact) mass is 184 g/mol. The molecule has 0 amide bonds. The number of allylic oxidation sites excluding steroid dienone is 2. The predicted octanol–water partition coefficient (Wildman–Crippen LogP) is 3.47. The molecule has 1 aromatic carbocycles. The summed E-state index contributed by atoms with van der Waals surface area (Å²) in [4.78, 5) is 0. The van der Waals surface area contributed by atoms with Crippen molar-refractivity contribution in [2.45, 2.75) is 26.2 Å². The van der Waals surface area contributed by atoms with Gasteiger partial charge in [-0.3, -0.25) is 5.32 Å². The van der Waals surface area contributed by atoms with E-state index in [4.69, 9.17) is 5.32 Å². The normalized spacial score (nSPS) is 23.4. The highest BCUT2D eigenvalue weighted by Gasteiger charge is 2.32. The van der Waals surface area contributed by atoms with Crippen LogP contribution < -0.4 is 5.32 Å². The first-order valence-corrected chi connectivity index (χ1v) is 5.44. The molecule has 1 radical (unpaired) electrons. The molecule has 0 aromatic heterocycles. The Bertz CT molecular complexity index is 403. The van der Waals surface area contributed by atoms with Crippen molar-refractivity contribution >= 4 is 11.3 Å². The van der Waals surface area contributed by atoms with E-state index in [2.05, 4.69) is 31.2 Å². The number of para-hydroxylation sites is 1. The smallest absolute Gasteiger partial charge is 0.0708 e. The second-order valence-corrected chi connectivity index (χ2v) is 4.13. The summed E-state index contributed by atoms with van der Waals surface area (Å²) in [5.41, 5.74) is 5.49. The van der Waals surface area contributed by atoms with Crippen LogP contribution in [0.15, 0.2) is 30.0 Å². The summed E-state index contributed by atoms with van der Waals surface area (Å²) in [6.45, 7) is 2.28. The number of hydrogen-bond acceptors (Lipinski definition) is 0. The molecule has 0 spiro atoms. The van der Waals surface area contributed by atoms with Gasteiger partial charge in [-0.25, -0.2) is 0 Å². The fourth-order valence-corrected chi connectivity index (χ4v) is 2.67. The van der Waals surface area contributed by atoms with Gasteiger partial charge in [-0.1, -0.05) is 25.1 Å². The Morgan fingerprint density at radius 3 is 3.07 bits per heavy atom. The fraction of sp³-hybridized carbons (Fsp3) is 0.385. The molecule has 0 bridgehead atoms. The molecule has 1 aliphatic heterocycles. The lowest BCUT2D eigenvalue weighted by molar-refractivity contribution is 0.618. The Morgan fingerprint density at radius 1 is 1.36 bits per heavy atom. The Hall–Kier alpha value is -1.24. The van der Waals surface area contributed by atoms with Crippen LogP contribution in [0.2, 0.25) is 0 Å². The van der Waals surface area contributed by atoms with Gasteiger partial charge in [0.05, 0.1) is 5.69 Å². The molecule has 0 fully saturated rings. The standard InChI is InChI=1S/C13H14N/c1-2-9-7-8-12-13(9)10-5-3-4-6-11(10)14-12/h3-6,9H,2,7-8H2,1H3. The molecule has 14 heavy (non-hydrogen) atoms. The van der Waals surface area contributed by atoms with Gasteiger partial charge in [-0.05, 0) is 36.8 Å². The van der Waals surface area contributed by atoms with Crippen LogP contribution in [0.25, 0.3) is 5.57 Å². The molecule has 0 saturated carbocycles. The lowest BCUT2D eigenvalue weighted by Gasteiger charge is -2.11. The van der Waals surface area contributed by atoms with E-state index in [-0.39, 0.29) is 0 Å². The molecule has 1 heteroatoms. The summed E-state index contributed by atoms with van der Waals surface area (Å²) in [7, 11) is 0. The van der Waals surface area contributed by atoms with E-state index in [0.717, 1.165) is 5.92 Å². The second kappa shape index (κ2) is 2.88. The molecule has 1 nitrogen and oxygen atoms in total. The largest absolute Gasteiger partial charge is 0.253 e. The zero-order valence-corrected chi connectivity index (χ0v) is 8.46. The first kappa shape index (κ1) is 8.10. The third-order valence-electron chi connectivity index (χ3n) is 3.39. The molecular formula is C13H14N. The van der Waals surface area contributed by atoms with Gasteiger partial charge in [0.2, 0.25) is 0 Å². The Morgan fingerprint density at radius 2 is 2.21 bits per heavy atom. The van der Waals surface area contributed by atoms with Gasteiger partial charge in [0.1, 0.15) is 0 Å². The minimum atomic E-state index is 0.761. The van der Waals surface area contributed by atoms with Gasteiger partial charge in [0.25, 0.3) is 0 Å². The van der Waals surface area contributed by atoms with Crippen LogP contribution in [-0.2, 0) is 0 Å². The first-order chi connectivity index (χ1) is 6.90. The summed E-state index contributed by atoms with van der Waals surface area (Å²) in [5.74, 6) is 0.761. The zero-order chi connectivity index (χ0) is 9.54. The fourth-order valence-electron chi connectivity index (χ4n) is 2.67. The average molecular weight is 184 g/mol. The molecule has 1 aliphatic carbocycles. The SMILES string of the molecule is CCC1CCC2=C1c1ccccc1[N]2. The first-order valence-electron chi connectivity index (χ1n) is 5.44. The number of rotatable bonds is 1. The van der Waals surface area contributed by atoms with Crippen LogP contribution in [-0.4, -0.2) is 0 Å². The van der Waals surface area contributed by atoms with E-state index in [1.54, 1.807) is 5.57 Å². The number of nitrogens with zero attached hydrogens (tertiary/aromatic N) is 1. The van der Waals surface area contributed by atoms with E-state index in [0.29, 0.717) is 0 Å². The van der Waals surface area contributed by atoms with Crippen molar-refractivity contribution in [3.63, 3.8) is 0 Å². The van der Waals surface area contributed by atoms with Crippen LogP contribution in [0.4, 0.5) is 5.69 Å². The molecule has 2 aliphatic rings. The minimum absolute atomic E-state index is 0.761. The molecule has 1 heterocycles. The van der Waals surface area contributed by atoms with Crippen LogP contribution >= 0.6 is 0 Å². The summed E-state index contributed by atoms with van der Waals surface area (Å²) in [5, 5.41) is 4.69. The maximum absolute atomic E-state index is 4.69. The number of fused-ring (bicyclic) bond motifs is 2. The summed E-state index contributed by atoms with van der Waals surface area (Å²) in [6.07, 6.45) is 3.74. The van der Waals surface area contributed by atoms with E-state index in [1.807, 2.05) is 0 Å². The van der Waals surface area contributed by atoms with Gasteiger partial charge in [0.15, 0.2) is 0 Å². The summed E-state index contributed by atoms with van der Waals surface area (Å²) >= 11 is 0. The average Bonchev–Trinajstić information content (AvgIpc) is 2.75. The van der Waals surface area contributed by atoms with Crippen molar-refractivity contribution in [1.29, 1.82) is 0 Å². The van der Waals surface area contributed by atoms with E-state index < -0.39 is 0 Å². The van der Waals surface area contributed by atoms with Crippen molar-refractivity contribution < 1.29 is 0 Å². The number of benzene rings is 1. The topological polar surface area (TPSA) is 14.1 Å². The molecule has 0 N–H and O–H groups in total. The predicted molar refractivity (Wildman–Crippen MR) is 58.2 cm³/mol. The molecule has 1 aromatic rings. The highest BCUT2D eigenvalue weighted by atomic mass is 14.9. The highest BCUT2D eigenvalue weighted by molar-refractivity contribution is 5.84. The third kappa shape index (κ3) is 0.955. The van der Waals surface area contributed by atoms with Crippen molar-refractivity contribution in [2.75, 3.05) is 0 Å². The van der Waals surface area contributed by atoms with Gasteiger partial charge in [-0.15, -0.1) is 0 Å². The van der Waals surface area contributed by atoms with E-state index >= 15 is 0 Å². The minimum Gasteiger partial charge on any atom is -0.253 e. The summed E-state index contributed by atoms with van der Waals surface area (Å²) < 4.78 is 0. The van der Waals surface area contributed by atoms with Gasteiger partial charge in [-0.2, -0.15) is 0 Å². The highest BCUT2D eigenvalue weighted by Crippen LogP contribution is 2.47. The summed E-state index contributed by atoms with van der Waals surface area (Å²) in [6, 6.07) is 8.54. The number of hydrogen-bond donors (Lipinski definition) is 0. The van der Waals surface area contributed by atoms with Crippen molar-refractivity contribution in [3.8, 4) is 0 Å². The Balaban J connectivity index is 2.10. The van der Waals surface area contributed by atoms with Gasteiger partial charge < -0.3 is 0 Å². The van der Waals surface area contributed by atoms with Crippen LogP contribution in [0.3, 0.4) is 0 Å². The molecule has 1 atom stereocenters. The van der Waals surface area contributed by atoms with Gasteiger partial charge in [0, 0.05) is 11.3 Å². The lowest BCUT2D eigenvalue weighted by atomic mass is 9.93. The third-order valence-corrected chi connectivity index (χ3v) is 3.39. The maximum Gasteiger partial charge on any atom is 0.0708 e. The quantitative estimate of drug-likeness (QED) is 0.634. The van der Waals surface area contributed by atoms with Gasteiger partial charge >= 0.3 is 0 Å². The van der Waals surface area contributed by atoms with Crippen molar-refractivity contribution in [1.82, 2.24) is 5.32 Å². The molecule has 71 valence electrons. The maximum atomic E-state index is 4.69. The van der Waals surface area contributed by atoms with Crippen LogP contribution in [0.1, 0.15) is 31.7 Å². The van der Waals surface area contributed by atoms with Crippen LogP contribution in [0, 0.1) is 5.92 Å². The Kier molecular flexibility index (Phi) is 1.66. The zero-order valence-electron chi connectivity index (χ0n) is 8.46. The van der Waals surface area contributed by atoms with E-state index in [1.165, 1.54) is 36.2 Å². The second-order valence-electron chi connectivity index (χ2n) is 4.13. The van der Waals surface area contributed by atoms with Crippen molar-refractivity contribution in [3.05, 3.63) is 35.5 Å². The Labute approximate surface area is 84.8 Å².